The number of hydrogen-bond acceptors (Lipinski definition) is 3. The highest BCUT2D eigenvalue weighted by molar-refractivity contribution is 5.86. The topological polar surface area (TPSA) is 39.4 Å². The lowest BCUT2D eigenvalue weighted by Crippen LogP contribution is -1.98. The van der Waals surface area contributed by atoms with Gasteiger partial charge in [0.15, 0.2) is 5.65 Å². The van der Waals surface area contributed by atoms with E-state index in [1.165, 1.54) is 0 Å². The molecule has 4 nitrogen and oxygen atoms in total. The summed E-state index contributed by atoms with van der Waals surface area (Å²) < 4.78 is 8.03. The first-order valence-electron chi connectivity index (χ1n) is 7.62. The van der Waals surface area contributed by atoms with Crippen LogP contribution in [0, 0.1) is 20.8 Å². The number of aromatic nitrogens is 3. The third-order valence-electron chi connectivity index (χ3n) is 3.94. The maximum atomic E-state index is 6.17. The van der Waals surface area contributed by atoms with Crippen molar-refractivity contribution < 1.29 is 4.74 Å². The van der Waals surface area contributed by atoms with E-state index in [1.54, 1.807) is 0 Å². The molecule has 0 spiro atoms. The van der Waals surface area contributed by atoms with Crippen molar-refractivity contribution in [1.29, 1.82) is 0 Å². The number of aryl methyl sites for hydroxylation is 3. The van der Waals surface area contributed by atoms with Crippen LogP contribution in [0.3, 0.4) is 0 Å². The number of nitrogens with zero attached hydrogens (tertiary/aromatic N) is 3. The second-order valence-corrected chi connectivity index (χ2v) is 5.86. The van der Waals surface area contributed by atoms with Crippen molar-refractivity contribution in [3.63, 3.8) is 0 Å². The summed E-state index contributed by atoms with van der Waals surface area (Å²) in [6, 6.07) is 16.2. The molecule has 0 saturated carbocycles. The van der Waals surface area contributed by atoms with Crippen molar-refractivity contribution in [3.05, 3.63) is 65.4 Å². The SMILES string of the molecule is Cc1ccc(C)c(Oc2nc3cc(C)nn3c3ccccc23)c1. The lowest BCUT2D eigenvalue weighted by atomic mass is 10.1. The number of rotatable bonds is 2. The monoisotopic (exact) mass is 303 g/mol. The van der Waals surface area contributed by atoms with Gasteiger partial charge in [0.25, 0.3) is 0 Å². The number of fused-ring (bicyclic) bond motifs is 3. The molecule has 0 saturated heterocycles. The highest BCUT2D eigenvalue weighted by Gasteiger charge is 2.12. The van der Waals surface area contributed by atoms with Crippen LogP contribution >= 0.6 is 0 Å². The fourth-order valence-corrected chi connectivity index (χ4v) is 2.75. The Morgan fingerprint density at radius 3 is 2.65 bits per heavy atom. The van der Waals surface area contributed by atoms with Gasteiger partial charge in [0.05, 0.1) is 16.6 Å². The second kappa shape index (κ2) is 5.09. The van der Waals surface area contributed by atoms with Crippen molar-refractivity contribution >= 4 is 16.6 Å². The van der Waals surface area contributed by atoms with Gasteiger partial charge in [0.1, 0.15) is 5.75 Å². The van der Waals surface area contributed by atoms with E-state index < -0.39 is 0 Å². The first-order valence-corrected chi connectivity index (χ1v) is 7.62. The van der Waals surface area contributed by atoms with Crippen LogP contribution in [0.2, 0.25) is 0 Å². The summed E-state index contributed by atoms with van der Waals surface area (Å²) in [5.74, 6) is 1.45. The van der Waals surface area contributed by atoms with Crippen LogP contribution < -0.4 is 4.74 Å². The van der Waals surface area contributed by atoms with Gasteiger partial charge in [-0.1, -0.05) is 24.3 Å². The minimum absolute atomic E-state index is 0.613. The number of benzene rings is 2. The van der Waals surface area contributed by atoms with E-state index >= 15 is 0 Å². The normalized spacial score (nSPS) is 11.3. The Bertz CT molecular complexity index is 1030. The van der Waals surface area contributed by atoms with Crippen LogP contribution in [0.4, 0.5) is 0 Å². The lowest BCUT2D eigenvalue weighted by molar-refractivity contribution is 0.466. The van der Waals surface area contributed by atoms with Crippen LogP contribution in [0.5, 0.6) is 11.6 Å². The van der Waals surface area contributed by atoms with Gasteiger partial charge in [0, 0.05) is 6.07 Å². The quantitative estimate of drug-likeness (QED) is 0.543. The van der Waals surface area contributed by atoms with E-state index in [-0.39, 0.29) is 0 Å². The van der Waals surface area contributed by atoms with Gasteiger partial charge in [-0.05, 0) is 50.1 Å². The molecule has 4 rings (SSSR count). The number of hydrogen-bond donors (Lipinski definition) is 0. The molecule has 0 unspecified atom stereocenters. The largest absolute Gasteiger partial charge is 0.438 e. The predicted molar refractivity (Wildman–Crippen MR) is 91.2 cm³/mol. The molecule has 23 heavy (non-hydrogen) atoms. The maximum absolute atomic E-state index is 6.17. The Hall–Kier alpha value is -2.88. The van der Waals surface area contributed by atoms with Crippen molar-refractivity contribution in [2.45, 2.75) is 20.8 Å². The molecule has 114 valence electrons. The fraction of sp³-hybridized carbons (Fsp3) is 0.158. The van der Waals surface area contributed by atoms with Gasteiger partial charge in [0.2, 0.25) is 5.88 Å². The molecular formula is C19H17N3O. The molecule has 0 bridgehead atoms. The van der Waals surface area contributed by atoms with Crippen LogP contribution in [0.25, 0.3) is 16.6 Å². The molecule has 0 aliphatic carbocycles. The van der Waals surface area contributed by atoms with Crippen LogP contribution in [-0.2, 0) is 0 Å². The van der Waals surface area contributed by atoms with Crippen LogP contribution in [0.15, 0.2) is 48.5 Å². The van der Waals surface area contributed by atoms with Gasteiger partial charge in [-0.3, -0.25) is 0 Å². The third kappa shape index (κ3) is 2.32. The van der Waals surface area contributed by atoms with Gasteiger partial charge < -0.3 is 4.74 Å². The van der Waals surface area contributed by atoms with Crippen molar-refractivity contribution in [2.24, 2.45) is 0 Å². The van der Waals surface area contributed by atoms with Gasteiger partial charge in [-0.25, -0.2) is 4.52 Å². The zero-order valence-electron chi connectivity index (χ0n) is 13.4. The molecule has 0 atom stereocenters. The Labute approximate surface area is 134 Å². The Balaban J connectivity index is 1.96. The van der Waals surface area contributed by atoms with Crippen molar-refractivity contribution in [3.8, 4) is 11.6 Å². The van der Waals surface area contributed by atoms with E-state index in [0.29, 0.717) is 5.88 Å². The molecule has 2 aromatic heterocycles. The van der Waals surface area contributed by atoms with E-state index in [4.69, 9.17) is 4.74 Å². The Kier molecular flexibility index (Phi) is 3.05. The predicted octanol–water partition coefficient (Wildman–Crippen LogP) is 4.60. The zero-order chi connectivity index (χ0) is 16.0. The van der Waals surface area contributed by atoms with E-state index in [1.807, 2.05) is 54.8 Å². The number of ether oxygens (including phenoxy) is 1. The molecule has 0 amide bonds. The van der Waals surface area contributed by atoms with Crippen molar-refractivity contribution in [1.82, 2.24) is 14.6 Å². The summed E-state index contributed by atoms with van der Waals surface area (Å²) >= 11 is 0. The summed E-state index contributed by atoms with van der Waals surface area (Å²) in [4.78, 5) is 4.67. The van der Waals surface area contributed by atoms with E-state index in [2.05, 4.69) is 29.1 Å². The smallest absolute Gasteiger partial charge is 0.230 e. The first-order chi connectivity index (χ1) is 11.1. The Morgan fingerprint density at radius 1 is 0.957 bits per heavy atom. The highest BCUT2D eigenvalue weighted by atomic mass is 16.5. The van der Waals surface area contributed by atoms with Gasteiger partial charge >= 0.3 is 0 Å². The number of para-hydroxylation sites is 1. The first kappa shape index (κ1) is 13.8. The maximum Gasteiger partial charge on any atom is 0.230 e. The standard InChI is InChI=1S/C19H17N3O/c1-12-8-9-13(2)17(10-12)23-19-15-6-4-5-7-16(15)22-18(20-19)11-14(3)21-22/h4-11H,1-3H3. The molecule has 2 aromatic carbocycles. The van der Waals surface area contributed by atoms with Gasteiger partial charge in [-0.15, -0.1) is 0 Å². The summed E-state index contributed by atoms with van der Waals surface area (Å²) in [5, 5.41) is 5.47. The van der Waals surface area contributed by atoms with E-state index in [9.17, 15) is 0 Å². The molecule has 0 aliphatic heterocycles. The average molecular weight is 303 g/mol. The molecule has 0 radical (unpaired) electrons. The highest BCUT2D eigenvalue weighted by Crippen LogP contribution is 2.31. The minimum Gasteiger partial charge on any atom is -0.438 e. The zero-order valence-corrected chi connectivity index (χ0v) is 13.4. The molecule has 0 N–H and O–H groups in total. The fourth-order valence-electron chi connectivity index (χ4n) is 2.75. The molecular weight excluding hydrogens is 286 g/mol. The molecule has 4 heteroatoms. The van der Waals surface area contributed by atoms with Crippen molar-refractivity contribution in [2.75, 3.05) is 0 Å². The summed E-state index contributed by atoms with van der Waals surface area (Å²) in [5.41, 5.74) is 4.97. The average Bonchev–Trinajstić information content (AvgIpc) is 2.91. The van der Waals surface area contributed by atoms with Crippen LogP contribution in [-0.4, -0.2) is 14.6 Å². The molecule has 0 aliphatic rings. The summed E-state index contributed by atoms with van der Waals surface area (Å²) in [6.07, 6.45) is 0. The summed E-state index contributed by atoms with van der Waals surface area (Å²) in [7, 11) is 0. The van der Waals surface area contributed by atoms with Crippen LogP contribution in [0.1, 0.15) is 16.8 Å². The minimum atomic E-state index is 0.613. The molecule has 2 heterocycles. The second-order valence-electron chi connectivity index (χ2n) is 5.86. The molecule has 0 fully saturated rings. The van der Waals surface area contributed by atoms with Gasteiger partial charge in [-0.2, -0.15) is 10.1 Å². The van der Waals surface area contributed by atoms with E-state index in [0.717, 1.165) is 39.1 Å². The third-order valence-corrected chi connectivity index (χ3v) is 3.94. The lowest BCUT2D eigenvalue weighted by Gasteiger charge is -2.11. The molecule has 4 aromatic rings. The summed E-state index contributed by atoms with van der Waals surface area (Å²) in [6.45, 7) is 6.06. The Morgan fingerprint density at radius 2 is 1.78 bits per heavy atom.